The average Bonchev–Trinajstić information content (AvgIpc) is 2.17. The van der Waals surface area contributed by atoms with Gasteiger partial charge in [0, 0.05) is 23.2 Å². The molecule has 6 heteroatoms. The number of likely N-dealkylation sites (tertiary alicyclic amines) is 1. The molecule has 1 fully saturated rings. The number of carboxylic acid groups (broad SMARTS) is 1. The minimum Gasteiger partial charge on any atom is -0.465 e. The molecule has 1 aliphatic rings. The SMILES string of the molecule is O=C(O)N1CCC(O)(CC(Br)CBr)CC1. The van der Waals surface area contributed by atoms with Gasteiger partial charge in [0.15, 0.2) is 0 Å². The molecule has 0 spiro atoms. The minimum absolute atomic E-state index is 0.235. The molecule has 0 bridgehead atoms. The van der Waals surface area contributed by atoms with Crippen LogP contribution in [0.3, 0.4) is 0 Å². The largest absolute Gasteiger partial charge is 0.465 e. The molecule has 4 nitrogen and oxygen atoms in total. The molecule has 2 N–H and O–H groups in total. The molecule has 0 aromatic rings. The van der Waals surface area contributed by atoms with Gasteiger partial charge in [-0.2, -0.15) is 0 Å². The van der Waals surface area contributed by atoms with Crippen molar-refractivity contribution in [2.45, 2.75) is 29.7 Å². The van der Waals surface area contributed by atoms with Crippen molar-refractivity contribution >= 4 is 38.0 Å². The Morgan fingerprint density at radius 2 is 2.00 bits per heavy atom. The molecule has 15 heavy (non-hydrogen) atoms. The van der Waals surface area contributed by atoms with Crippen LogP contribution in [0.25, 0.3) is 0 Å². The van der Waals surface area contributed by atoms with Crippen molar-refractivity contribution in [1.29, 1.82) is 0 Å². The standard InChI is InChI=1S/C9H15Br2NO3/c10-6-7(11)5-9(15)1-3-12(4-2-9)8(13)14/h7,15H,1-6H2,(H,13,14). The van der Waals surface area contributed by atoms with Crippen molar-refractivity contribution in [1.82, 2.24) is 4.90 Å². The summed E-state index contributed by atoms with van der Waals surface area (Å²) in [5.41, 5.74) is -0.714. The van der Waals surface area contributed by atoms with Gasteiger partial charge in [-0.25, -0.2) is 4.79 Å². The molecule has 88 valence electrons. The second kappa shape index (κ2) is 5.50. The first kappa shape index (κ1) is 13.3. The maximum Gasteiger partial charge on any atom is 0.407 e. The normalized spacial score (nSPS) is 22.5. The molecule has 1 rings (SSSR count). The summed E-state index contributed by atoms with van der Waals surface area (Å²) in [6.45, 7) is 0.849. The molecule has 1 saturated heterocycles. The van der Waals surface area contributed by atoms with Crippen LogP contribution in [-0.2, 0) is 0 Å². The van der Waals surface area contributed by atoms with Crippen molar-refractivity contribution < 1.29 is 15.0 Å². The molecular formula is C9H15Br2NO3. The Kier molecular flexibility index (Phi) is 4.86. The van der Waals surface area contributed by atoms with Gasteiger partial charge < -0.3 is 15.1 Å². The van der Waals surface area contributed by atoms with Gasteiger partial charge in [0.1, 0.15) is 0 Å². The number of alkyl halides is 2. The zero-order chi connectivity index (χ0) is 11.5. The van der Waals surface area contributed by atoms with E-state index in [2.05, 4.69) is 31.9 Å². The van der Waals surface area contributed by atoms with E-state index in [1.165, 1.54) is 4.90 Å². The highest BCUT2D eigenvalue weighted by Crippen LogP contribution is 2.29. The predicted molar refractivity (Wildman–Crippen MR) is 64.9 cm³/mol. The lowest BCUT2D eigenvalue weighted by Crippen LogP contribution is -2.47. The molecule has 1 heterocycles. The third kappa shape index (κ3) is 3.92. The summed E-state index contributed by atoms with van der Waals surface area (Å²) in [7, 11) is 0. The smallest absolute Gasteiger partial charge is 0.407 e. The number of piperidine rings is 1. The highest BCUT2D eigenvalue weighted by atomic mass is 79.9. The van der Waals surface area contributed by atoms with Gasteiger partial charge in [0.25, 0.3) is 0 Å². The number of hydrogen-bond acceptors (Lipinski definition) is 2. The lowest BCUT2D eigenvalue weighted by molar-refractivity contribution is -0.0219. The van der Waals surface area contributed by atoms with Gasteiger partial charge in [-0.15, -0.1) is 0 Å². The Morgan fingerprint density at radius 3 is 2.40 bits per heavy atom. The number of rotatable bonds is 3. The van der Waals surface area contributed by atoms with Crippen LogP contribution in [0, 0.1) is 0 Å². The van der Waals surface area contributed by atoms with Crippen molar-refractivity contribution in [2.75, 3.05) is 18.4 Å². The summed E-state index contributed by atoms with van der Waals surface area (Å²) in [5, 5.41) is 19.8. The van der Waals surface area contributed by atoms with Crippen LogP contribution in [-0.4, -0.2) is 50.1 Å². The molecule has 0 aliphatic carbocycles. The van der Waals surface area contributed by atoms with Crippen molar-refractivity contribution in [2.24, 2.45) is 0 Å². The van der Waals surface area contributed by atoms with Gasteiger partial charge in [-0.05, 0) is 19.3 Å². The van der Waals surface area contributed by atoms with Crippen LogP contribution >= 0.6 is 31.9 Å². The van der Waals surface area contributed by atoms with E-state index in [1.54, 1.807) is 0 Å². The van der Waals surface area contributed by atoms with E-state index in [0.717, 1.165) is 5.33 Å². The number of hydrogen-bond donors (Lipinski definition) is 2. The van der Waals surface area contributed by atoms with Crippen LogP contribution in [0.4, 0.5) is 4.79 Å². The van der Waals surface area contributed by atoms with Crippen molar-refractivity contribution in [3.63, 3.8) is 0 Å². The van der Waals surface area contributed by atoms with E-state index in [-0.39, 0.29) is 4.83 Å². The first-order chi connectivity index (χ1) is 6.97. The summed E-state index contributed by atoms with van der Waals surface area (Å²) in [5.74, 6) is 0. The van der Waals surface area contributed by atoms with Crippen LogP contribution in [0.5, 0.6) is 0 Å². The summed E-state index contributed by atoms with van der Waals surface area (Å²) in [6, 6.07) is 0. The van der Waals surface area contributed by atoms with E-state index in [0.29, 0.717) is 32.4 Å². The molecule has 0 saturated carbocycles. The third-order valence-electron chi connectivity index (χ3n) is 2.73. The molecule has 0 aromatic heterocycles. The molecule has 1 atom stereocenters. The summed E-state index contributed by atoms with van der Waals surface area (Å²) in [4.78, 5) is 12.3. The molecule has 1 unspecified atom stereocenters. The number of nitrogens with zero attached hydrogens (tertiary/aromatic N) is 1. The summed E-state index contributed by atoms with van der Waals surface area (Å²) in [6.07, 6.45) is 0.807. The fourth-order valence-electron chi connectivity index (χ4n) is 1.79. The van der Waals surface area contributed by atoms with E-state index < -0.39 is 11.7 Å². The molecule has 0 radical (unpaired) electrons. The highest BCUT2D eigenvalue weighted by molar-refractivity contribution is 9.12. The summed E-state index contributed by atoms with van der Waals surface area (Å²) >= 11 is 6.79. The van der Waals surface area contributed by atoms with Gasteiger partial charge >= 0.3 is 6.09 Å². The predicted octanol–water partition coefficient (Wildman–Crippen LogP) is 2.04. The maximum absolute atomic E-state index is 10.7. The second-order valence-electron chi connectivity index (χ2n) is 3.95. The first-order valence-corrected chi connectivity index (χ1v) is 6.91. The molecule has 1 amide bonds. The topological polar surface area (TPSA) is 60.8 Å². The quantitative estimate of drug-likeness (QED) is 0.770. The number of halogens is 2. The van der Waals surface area contributed by atoms with Crippen LogP contribution in [0.2, 0.25) is 0 Å². The highest BCUT2D eigenvalue weighted by Gasteiger charge is 2.35. The second-order valence-corrected chi connectivity index (χ2v) is 5.89. The fourth-order valence-corrected chi connectivity index (χ4v) is 2.62. The first-order valence-electron chi connectivity index (χ1n) is 4.87. The Bertz CT molecular complexity index is 229. The molecule has 0 aromatic carbocycles. The van der Waals surface area contributed by atoms with E-state index >= 15 is 0 Å². The van der Waals surface area contributed by atoms with Crippen molar-refractivity contribution in [3.05, 3.63) is 0 Å². The lowest BCUT2D eigenvalue weighted by Gasteiger charge is -2.37. The minimum atomic E-state index is -0.895. The zero-order valence-corrected chi connectivity index (χ0v) is 11.5. The number of carbonyl (C=O) groups is 1. The monoisotopic (exact) mass is 343 g/mol. The molecular weight excluding hydrogens is 330 g/mol. The Balaban J connectivity index is 2.43. The Morgan fingerprint density at radius 1 is 1.47 bits per heavy atom. The number of aliphatic hydroxyl groups is 1. The van der Waals surface area contributed by atoms with Gasteiger partial charge in [0.05, 0.1) is 5.60 Å². The molecule has 1 aliphatic heterocycles. The van der Waals surface area contributed by atoms with Crippen molar-refractivity contribution in [3.8, 4) is 0 Å². The summed E-state index contributed by atoms with van der Waals surface area (Å²) < 4.78 is 0. The lowest BCUT2D eigenvalue weighted by atomic mass is 9.87. The fraction of sp³-hybridized carbons (Fsp3) is 0.889. The van der Waals surface area contributed by atoms with Crippen LogP contribution in [0.1, 0.15) is 19.3 Å². The Labute approximate surface area is 106 Å². The van der Waals surface area contributed by atoms with Gasteiger partial charge in [-0.3, -0.25) is 0 Å². The van der Waals surface area contributed by atoms with Gasteiger partial charge in [0.2, 0.25) is 0 Å². The third-order valence-corrected chi connectivity index (χ3v) is 5.03. The zero-order valence-electron chi connectivity index (χ0n) is 8.33. The Hall–Kier alpha value is 0.190. The average molecular weight is 345 g/mol. The van der Waals surface area contributed by atoms with E-state index in [9.17, 15) is 9.90 Å². The van der Waals surface area contributed by atoms with Gasteiger partial charge in [-0.1, -0.05) is 31.9 Å². The van der Waals surface area contributed by atoms with Crippen LogP contribution in [0.15, 0.2) is 0 Å². The van der Waals surface area contributed by atoms with E-state index in [4.69, 9.17) is 5.11 Å². The number of amides is 1. The van der Waals surface area contributed by atoms with Crippen LogP contribution < -0.4 is 0 Å². The van der Waals surface area contributed by atoms with E-state index in [1.807, 2.05) is 0 Å². The maximum atomic E-state index is 10.7.